The fourth-order valence-corrected chi connectivity index (χ4v) is 1.53. The van der Waals surface area contributed by atoms with Crippen molar-refractivity contribution in [1.29, 1.82) is 0 Å². The first kappa shape index (κ1) is 10.0. The Labute approximate surface area is 93.3 Å². The fourth-order valence-electron chi connectivity index (χ4n) is 1.18. The van der Waals surface area contributed by atoms with Crippen LogP contribution in [0.3, 0.4) is 0 Å². The van der Waals surface area contributed by atoms with Crippen LogP contribution in [0.5, 0.6) is 0 Å². The van der Waals surface area contributed by atoms with Crippen LogP contribution in [0.25, 0.3) is 5.69 Å². The van der Waals surface area contributed by atoms with Crippen molar-refractivity contribution in [2.75, 3.05) is 0 Å². The predicted octanol–water partition coefficient (Wildman–Crippen LogP) is 2.13. The normalized spacial score (nSPS) is 10.3. The highest BCUT2D eigenvalue weighted by molar-refractivity contribution is 9.10. The Bertz CT molecular complexity index is 536. The molecule has 0 saturated carbocycles. The first-order valence-electron chi connectivity index (χ1n) is 4.17. The number of pyridine rings is 2. The number of hydrogen-bond donors (Lipinski definition) is 0. The molecule has 15 heavy (non-hydrogen) atoms. The molecule has 0 bridgehead atoms. The fraction of sp³-hybridized carbons (Fsp3) is 0. The van der Waals surface area contributed by atoms with Crippen LogP contribution in [0.15, 0.2) is 45.9 Å². The summed E-state index contributed by atoms with van der Waals surface area (Å²) in [6.07, 6.45) is 2.91. The van der Waals surface area contributed by atoms with Gasteiger partial charge in [-0.15, -0.1) is 0 Å². The van der Waals surface area contributed by atoms with E-state index in [1.165, 1.54) is 22.9 Å². The second-order valence-electron chi connectivity index (χ2n) is 2.87. The van der Waals surface area contributed by atoms with Crippen molar-refractivity contribution in [3.63, 3.8) is 0 Å². The van der Waals surface area contributed by atoms with Crippen molar-refractivity contribution in [1.82, 2.24) is 9.55 Å². The van der Waals surface area contributed by atoms with Gasteiger partial charge in [0.25, 0.3) is 5.56 Å². The van der Waals surface area contributed by atoms with E-state index < -0.39 is 5.95 Å². The van der Waals surface area contributed by atoms with Crippen LogP contribution < -0.4 is 5.56 Å². The minimum Gasteiger partial charge on any atom is -0.282 e. The molecular weight excluding hydrogens is 263 g/mol. The third-order valence-corrected chi connectivity index (χ3v) is 2.49. The number of nitrogens with zero attached hydrogens (tertiary/aromatic N) is 2. The SMILES string of the molecule is O=c1c(Br)cccn1-c1ccc(F)nc1. The smallest absolute Gasteiger partial charge is 0.269 e. The van der Waals surface area contributed by atoms with Crippen molar-refractivity contribution in [2.45, 2.75) is 0 Å². The zero-order valence-electron chi connectivity index (χ0n) is 7.52. The maximum atomic E-state index is 12.6. The predicted molar refractivity (Wildman–Crippen MR) is 57.5 cm³/mol. The van der Waals surface area contributed by atoms with E-state index >= 15 is 0 Å². The summed E-state index contributed by atoms with van der Waals surface area (Å²) in [6.45, 7) is 0. The summed E-state index contributed by atoms with van der Waals surface area (Å²) < 4.78 is 14.4. The first-order valence-corrected chi connectivity index (χ1v) is 4.97. The lowest BCUT2D eigenvalue weighted by atomic mass is 10.4. The van der Waals surface area contributed by atoms with E-state index in [9.17, 15) is 9.18 Å². The molecule has 3 nitrogen and oxygen atoms in total. The molecule has 2 aromatic rings. The van der Waals surface area contributed by atoms with E-state index in [2.05, 4.69) is 20.9 Å². The number of rotatable bonds is 1. The molecule has 0 saturated heterocycles. The third kappa shape index (κ3) is 1.97. The topological polar surface area (TPSA) is 34.9 Å². The molecule has 0 amide bonds. The molecule has 0 atom stereocenters. The van der Waals surface area contributed by atoms with Gasteiger partial charge in [-0.2, -0.15) is 4.39 Å². The molecule has 0 aliphatic heterocycles. The molecule has 0 aliphatic carbocycles. The summed E-state index contributed by atoms with van der Waals surface area (Å²) in [5.74, 6) is -0.568. The highest BCUT2D eigenvalue weighted by atomic mass is 79.9. The minimum absolute atomic E-state index is 0.203. The molecule has 0 fully saturated rings. The quantitative estimate of drug-likeness (QED) is 0.743. The summed E-state index contributed by atoms with van der Waals surface area (Å²) in [4.78, 5) is 15.1. The van der Waals surface area contributed by atoms with Crippen molar-refractivity contribution in [3.05, 3.63) is 57.4 Å². The van der Waals surface area contributed by atoms with Gasteiger partial charge >= 0.3 is 0 Å². The van der Waals surface area contributed by atoms with Gasteiger partial charge in [0.05, 0.1) is 16.4 Å². The van der Waals surface area contributed by atoms with Crippen molar-refractivity contribution in [2.24, 2.45) is 0 Å². The summed E-state index contributed by atoms with van der Waals surface area (Å²) in [5, 5.41) is 0. The lowest BCUT2D eigenvalue weighted by Gasteiger charge is -2.04. The van der Waals surface area contributed by atoms with E-state index in [-0.39, 0.29) is 5.56 Å². The van der Waals surface area contributed by atoms with Gasteiger partial charge in [-0.3, -0.25) is 9.36 Å². The average molecular weight is 269 g/mol. The van der Waals surface area contributed by atoms with Gasteiger partial charge in [0.15, 0.2) is 0 Å². The molecule has 0 unspecified atom stereocenters. The van der Waals surface area contributed by atoms with Crippen LogP contribution in [0, 0.1) is 5.95 Å². The van der Waals surface area contributed by atoms with Crippen molar-refractivity contribution >= 4 is 15.9 Å². The maximum Gasteiger partial charge on any atom is 0.269 e. The monoisotopic (exact) mass is 268 g/mol. The zero-order valence-corrected chi connectivity index (χ0v) is 9.11. The lowest BCUT2D eigenvalue weighted by molar-refractivity contribution is 0.583. The molecule has 0 spiro atoms. The highest BCUT2D eigenvalue weighted by Crippen LogP contribution is 2.07. The molecule has 2 aromatic heterocycles. The molecule has 2 heterocycles. The number of aromatic nitrogens is 2. The van der Waals surface area contributed by atoms with Crippen LogP contribution in [-0.2, 0) is 0 Å². The standard InChI is InChI=1S/C10H6BrFN2O/c11-8-2-1-5-14(10(8)15)7-3-4-9(12)13-6-7/h1-6H. The van der Waals surface area contributed by atoms with Gasteiger partial charge in [-0.05, 0) is 40.2 Å². The van der Waals surface area contributed by atoms with Gasteiger partial charge in [-0.1, -0.05) is 0 Å². The highest BCUT2D eigenvalue weighted by Gasteiger charge is 2.02. The summed E-state index contributed by atoms with van der Waals surface area (Å²) in [6, 6.07) is 6.07. The van der Waals surface area contributed by atoms with Crippen LogP contribution in [0.2, 0.25) is 0 Å². The number of halogens is 2. The Morgan fingerprint density at radius 1 is 1.33 bits per heavy atom. The summed E-state index contributed by atoms with van der Waals surface area (Å²) in [7, 11) is 0. The average Bonchev–Trinajstić information content (AvgIpc) is 2.24. The lowest BCUT2D eigenvalue weighted by Crippen LogP contribution is -2.17. The van der Waals surface area contributed by atoms with E-state index in [0.717, 1.165) is 0 Å². The Kier molecular flexibility index (Phi) is 2.64. The summed E-state index contributed by atoms with van der Waals surface area (Å²) in [5.41, 5.74) is 0.327. The van der Waals surface area contributed by atoms with E-state index in [1.54, 1.807) is 18.3 Å². The van der Waals surface area contributed by atoms with E-state index in [1.807, 2.05) is 0 Å². The Morgan fingerprint density at radius 2 is 2.13 bits per heavy atom. The van der Waals surface area contributed by atoms with Gasteiger partial charge in [0.2, 0.25) is 5.95 Å². The van der Waals surface area contributed by atoms with Crippen LogP contribution in [-0.4, -0.2) is 9.55 Å². The Morgan fingerprint density at radius 3 is 2.80 bits per heavy atom. The third-order valence-electron chi connectivity index (χ3n) is 1.89. The molecule has 0 aromatic carbocycles. The largest absolute Gasteiger partial charge is 0.282 e. The minimum atomic E-state index is -0.568. The van der Waals surface area contributed by atoms with E-state index in [4.69, 9.17) is 0 Å². The van der Waals surface area contributed by atoms with Crippen molar-refractivity contribution < 1.29 is 4.39 Å². The first-order chi connectivity index (χ1) is 7.18. The second-order valence-corrected chi connectivity index (χ2v) is 3.72. The van der Waals surface area contributed by atoms with Crippen LogP contribution >= 0.6 is 15.9 Å². The van der Waals surface area contributed by atoms with Gasteiger partial charge < -0.3 is 0 Å². The van der Waals surface area contributed by atoms with Crippen molar-refractivity contribution in [3.8, 4) is 5.69 Å². The van der Waals surface area contributed by atoms with Gasteiger partial charge in [-0.25, -0.2) is 4.98 Å². The van der Waals surface area contributed by atoms with E-state index in [0.29, 0.717) is 10.2 Å². The summed E-state index contributed by atoms with van der Waals surface area (Å²) >= 11 is 3.13. The molecule has 2 rings (SSSR count). The zero-order chi connectivity index (χ0) is 10.8. The number of hydrogen-bond acceptors (Lipinski definition) is 2. The molecular formula is C10H6BrFN2O. The molecule has 76 valence electrons. The molecule has 0 N–H and O–H groups in total. The molecule has 0 aliphatic rings. The molecule has 0 radical (unpaired) electrons. The van der Waals surface area contributed by atoms with Gasteiger partial charge in [0, 0.05) is 6.20 Å². The van der Waals surface area contributed by atoms with Crippen LogP contribution in [0.4, 0.5) is 4.39 Å². The Balaban J connectivity index is 2.59. The molecule has 5 heteroatoms. The second kappa shape index (κ2) is 3.94. The van der Waals surface area contributed by atoms with Gasteiger partial charge in [0.1, 0.15) is 0 Å². The Hall–Kier alpha value is -1.49. The van der Waals surface area contributed by atoms with Crippen LogP contribution in [0.1, 0.15) is 0 Å². The maximum absolute atomic E-state index is 12.6.